The van der Waals surface area contributed by atoms with E-state index in [1.54, 1.807) is 0 Å². The number of aromatic nitrogens is 1. The number of rotatable bonds is 3. The van der Waals surface area contributed by atoms with Crippen molar-refractivity contribution in [2.45, 2.75) is 39.0 Å². The van der Waals surface area contributed by atoms with Crippen LogP contribution < -0.4 is 10.1 Å². The van der Waals surface area contributed by atoms with Gasteiger partial charge < -0.3 is 10.1 Å². The van der Waals surface area contributed by atoms with Crippen molar-refractivity contribution in [1.82, 2.24) is 10.3 Å². The van der Waals surface area contributed by atoms with Crippen LogP contribution in [-0.4, -0.2) is 24.7 Å². The second-order valence-electron chi connectivity index (χ2n) is 6.16. The van der Waals surface area contributed by atoms with Crippen LogP contribution in [0.4, 0.5) is 0 Å². The highest BCUT2D eigenvalue weighted by atomic mass is 16.5. The van der Waals surface area contributed by atoms with E-state index < -0.39 is 0 Å². The first-order chi connectivity index (χ1) is 8.55. The summed E-state index contributed by atoms with van der Waals surface area (Å²) in [7, 11) is 0. The smallest absolute Gasteiger partial charge is 0.213 e. The summed E-state index contributed by atoms with van der Waals surface area (Å²) in [6.07, 6.45) is 4.44. The monoisotopic (exact) mass is 248 g/mol. The van der Waals surface area contributed by atoms with E-state index in [1.807, 2.05) is 12.3 Å². The zero-order chi connectivity index (χ0) is 13.0. The molecule has 3 heteroatoms. The molecule has 0 saturated carbocycles. The van der Waals surface area contributed by atoms with Gasteiger partial charge in [0, 0.05) is 24.7 Å². The van der Waals surface area contributed by atoms with E-state index in [0.717, 1.165) is 25.6 Å². The molecule has 2 heterocycles. The third-order valence-corrected chi connectivity index (χ3v) is 3.47. The second-order valence-corrected chi connectivity index (χ2v) is 6.16. The van der Waals surface area contributed by atoms with Crippen molar-refractivity contribution < 1.29 is 4.74 Å². The summed E-state index contributed by atoms with van der Waals surface area (Å²) in [5, 5.41) is 3.40. The summed E-state index contributed by atoms with van der Waals surface area (Å²) in [6.45, 7) is 9.57. The molecule has 1 atom stereocenters. The van der Waals surface area contributed by atoms with Crippen LogP contribution in [0.1, 0.15) is 39.2 Å². The van der Waals surface area contributed by atoms with Crippen LogP contribution in [0, 0.1) is 5.92 Å². The minimum atomic E-state index is 0.152. The van der Waals surface area contributed by atoms with Gasteiger partial charge in [0.25, 0.3) is 0 Å². The third-order valence-electron chi connectivity index (χ3n) is 3.47. The molecular formula is C15H24N2O. The van der Waals surface area contributed by atoms with E-state index in [4.69, 9.17) is 4.74 Å². The zero-order valence-electron chi connectivity index (χ0n) is 11.7. The van der Waals surface area contributed by atoms with E-state index in [-0.39, 0.29) is 5.41 Å². The van der Waals surface area contributed by atoms with E-state index in [1.165, 1.54) is 18.4 Å². The molecule has 1 fully saturated rings. The van der Waals surface area contributed by atoms with Gasteiger partial charge in [0.2, 0.25) is 5.88 Å². The van der Waals surface area contributed by atoms with Crippen LogP contribution in [0.3, 0.4) is 0 Å². The van der Waals surface area contributed by atoms with Gasteiger partial charge in [0.05, 0.1) is 6.61 Å². The molecule has 1 aliphatic rings. The number of piperidine rings is 1. The van der Waals surface area contributed by atoms with Crippen molar-refractivity contribution in [3.05, 3.63) is 23.9 Å². The molecule has 0 bridgehead atoms. The maximum absolute atomic E-state index is 5.76. The summed E-state index contributed by atoms with van der Waals surface area (Å²) < 4.78 is 5.76. The number of hydrogen-bond acceptors (Lipinski definition) is 3. The van der Waals surface area contributed by atoms with Crippen molar-refractivity contribution >= 4 is 0 Å². The molecule has 0 spiro atoms. The predicted molar refractivity (Wildman–Crippen MR) is 74.0 cm³/mol. The van der Waals surface area contributed by atoms with Crippen molar-refractivity contribution in [3.63, 3.8) is 0 Å². The average molecular weight is 248 g/mol. The lowest BCUT2D eigenvalue weighted by molar-refractivity contribution is 0.212. The van der Waals surface area contributed by atoms with Gasteiger partial charge in [0.1, 0.15) is 0 Å². The molecule has 0 aromatic carbocycles. The van der Waals surface area contributed by atoms with Gasteiger partial charge >= 0.3 is 0 Å². The maximum Gasteiger partial charge on any atom is 0.213 e. The Morgan fingerprint density at radius 2 is 2.22 bits per heavy atom. The molecule has 1 aliphatic heterocycles. The second kappa shape index (κ2) is 5.70. The van der Waals surface area contributed by atoms with E-state index in [0.29, 0.717) is 5.92 Å². The van der Waals surface area contributed by atoms with Gasteiger partial charge in [-0.1, -0.05) is 26.8 Å². The molecule has 1 unspecified atom stereocenters. The maximum atomic E-state index is 5.76. The topological polar surface area (TPSA) is 34.1 Å². The van der Waals surface area contributed by atoms with Gasteiger partial charge in [0.15, 0.2) is 0 Å². The van der Waals surface area contributed by atoms with Crippen LogP contribution >= 0.6 is 0 Å². The number of ether oxygens (including phenoxy) is 1. The fourth-order valence-electron chi connectivity index (χ4n) is 2.18. The molecule has 1 aromatic heterocycles. The molecule has 2 rings (SSSR count). The summed E-state index contributed by atoms with van der Waals surface area (Å²) in [5.41, 5.74) is 1.40. The minimum absolute atomic E-state index is 0.152. The van der Waals surface area contributed by atoms with Crippen LogP contribution in [0.15, 0.2) is 18.3 Å². The number of nitrogens with zero attached hydrogens (tertiary/aromatic N) is 1. The van der Waals surface area contributed by atoms with Gasteiger partial charge in [-0.15, -0.1) is 0 Å². The van der Waals surface area contributed by atoms with Crippen molar-refractivity contribution in [1.29, 1.82) is 0 Å². The van der Waals surface area contributed by atoms with E-state index >= 15 is 0 Å². The normalized spacial score (nSPS) is 20.7. The Morgan fingerprint density at radius 1 is 1.39 bits per heavy atom. The fourth-order valence-corrected chi connectivity index (χ4v) is 2.18. The molecule has 100 valence electrons. The van der Waals surface area contributed by atoms with Crippen LogP contribution in [-0.2, 0) is 5.41 Å². The Labute approximate surface area is 110 Å². The fraction of sp³-hybridized carbons (Fsp3) is 0.667. The van der Waals surface area contributed by atoms with Gasteiger partial charge in [-0.25, -0.2) is 4.98 Å². The zero-order valence-corrected chi connectivity index (χ0v) is 11.7. The molecule has 1 saturated heterocycles. The van der Waals surface area contributed by atoms with Crippen molar-refractivity contribution in [2.24, 2.45) is 5.92 Å². The number of hydrogen-bond donors (Lipinski definition) is 1. The Morgan fingerprint density at radius 3 is 2.78 bits per heavy atom. The average Bonchev–Trinajstić information content (AvgIpc) is 2.37. The Balaban J connectivity index is 1.86. The van der Waals surface area contributed by atoms with E-state index in [9.17, 15) is 0 Å². The quantitative estimate of drug-likeness (QED) is 0.893. The number of nitrogens with one attached hydrogen (secondary N) is 1. The minimum Gasteiger partial charge on any atom is -0.477 e. The first-order valence-corrected chi connectivity index (χ1v) is 6.86. The largest absolute Gasteiger partial charge is 0.477 e. The molecule has 0 amide bonds. The molecule has 3 nitrogen and oxygen atoms in total. The highest BCUT2D eigenvalue weighted by molar-refractivity contribution is 5.23. The molecular weight excluding hydrogens is 224 g/mol. The van der Waals surface area contributed by atoms with Gasteiger partial charge in [-0.2, -0.15) is 0 Å². The molecule has 1 N–H and O–H groups in total. The van der Waals surface area contributed by atoms with Crippen molar-refractivity contribution in [3.8, 4) is 5.88 Å². The standard InChI is InChI=1S/C15H24N2O/c1-15(2,3)13-6-7-14(17-10-13)18-11-12-5-4-8-16-9-12/h6-7,10,12,16H,4-5,8-9,11H2,1-3H3. The summed E-state index contributed by atoms with van der Waals surface area (Å²) in [5.74, 6) is 1.37. The lowest BCUT2D eigenvalue weighted by atomic mass is 9.88. The first-order valence-electron chi connectivity index (χ1n) is 6.86. The summed E-state index contributed by atoms with van der Waals surface area (Å²) in [6, 6.07) is 4.10. The van der Waals surface area contributed by atoms with Gasteiger partial charge in [-0.3, -0.25) is 0 Å². The third kappa shape index (κ3) is 3.70. The SMILES string of the molecule is CC(C)(C)c1ccc(OCC2CCCNC2)nc1. The highest BCUT2D eigenvalue weighted by Gasteiger charge is 2.15. The summed E-state index contributed by atoms with van der Waals surface area (Å²) >= 11 is 0. The molecule has 0 aliphatic carbocycles. The van der Waals surface area contributed by atoms with E-state index in [2.05, 4.69) is 37.1 Å². The molecule has 18 heavy (non-hydrogen) atoms. The Hall–Kier alpha value is -1.09. The Kier molecular flexibility index (Phi) is 4.23. The predicted octanol–water partition coefficient (Wildman–Crippen LogP) is 2.76. The van der Waals surface area contributed by atoms with Gasteiger partial charge in [-0.05, 0) is 30.4 Å². The van der Waals surface area contributed by atoms with Crippen LogP contribution in [0.5, 0.6) is 5.88 Å². The van der Waals surface area contributed by atoms with Crippen molar-refractivity contribution in [2.75, 3.05) is 19.7 Å². The Bertz CT molecular complexity index is 361. The summed E-state index contributed by atoms with van der Waals surface area (Å²) in [4.78, 5) is 4.39. The molecule has 0 radical (unpaired) electrons. The highest BCUT2D eigenvalue weighted by Crippen LogP contribution is 2.22. The first kappa shape index (κ1) is 13.3. The lowest BCUT2D eigenvalue weighted by Crippen LogP contribution is -2.33. The lowest BCUT2D eigenvalue weighted by Gasteiger charge is -2.23. The molecule has 1 aromatic rings. The number of pyridine rings is 1. The van der Waals surface area contributed by atoms with Crippen LogP contribution in [0.2, 0.25) is 0 Å². The van der Waals surface area contributed by atoms with Crippen LogP contribution in [0.25, 0.3) is 0 Å².